The molecule has 3 aromatic carbocycles. The summed E-state index contributed by atoms with van der Waals surface area (Å²) in [7, 11) is 0. The number of hydrogen-bond donors (Lipinski definition) is 2. The summed E-state index contributed by atoms with van der Waals surface area (Å²) >= 11 is 24.5. The van der Waals surface area contributed by atoms with Crippen LogP contribution in [0.3, 0.4) is 0 Å². The molecule has 46 heavy (non-hydrogen) atoms. The highest BCUT2D eigenvalue weighted by atomic mass is 35.5. The first-order valence-electron chi connectivity index (χ1n) is 14.6. The second-order valence-electron chi connectivity index (χ2n) is 10.7. The number of ether oxygens (including phenoxy) is 3. The van der Waals surface area contributed by atoms with E-state index in [4.69, 9.17) is 60.6 Å². The van der Waals surface area contributed by atoms with Crippen molar-refractivity contribution < 1.29 is 23.8 Å². The maximum absolute atomic E-state index is 13.1. The molecule has 0 aromatic heterocycles. The van der Waals surface area contributed by atoms with Crippen molar-refractivity contribution in [3.63, 3.8) is 0 Å². The van der Waals surface area contributed by atoms with Crippen LogP contribution >= 0.6 is 46.4 Å². The van der Waals surface area contributed by atoms with Gasteiger partial charge in [-0.1, -0.05) is 72.4 Å². The van der Waals surface area contributed by atoms with Gasteiger partial charge >= 0.3 is 0 Å². The summed E-state index contributed by atoms with van der Waals surface area (Å²) in [6.45, 7) is 11.8. The Labute approximate surface area is 290 Å². The lowest BCUT2D eigenvalue weighted by molar-refractivity contribution is -0.132. The predicted molar refractivity (Wildman–Crippen MR) is 186 cm³/mol. The second kappa shape index (κ2) is 18.0. The molecule has 2 atom stereocenters. The molecule has 0 unspecified atom stereocenters. The highest BCUT2D eigenvalue weighted by molar-refractivity contribution is 6.35. The molecular formula is C34H37Cl4N3O5. The lowest BCUT2D eigenvalue weighted by Gasteiger charge is -2.22. The van der Waals surface area contributed by atoms with Crippen LogP contribution in [0.15, 0.2) is 66.3 Å². The molecule has 0 saturated heterocycles. The molecule has 12 heteroatoms. The molecule has 0 aliphatic rings. The number of amides is 2. The molecule has 0 fully saturated rings. The summed E-state index contributed by atoms with van der Waals surface area (Å²) in [6, 6.07) is 12.7. The third-order valence-electron chi connectivity index (χ3n) is 6.50. The van der Waals surface area contributed by atoms with E-state index in [2.05, 4.69) is 22.4 Å². The largest absolute Gasteiger partial charge is 0.490 e. The van der Waals surface area contributed by atoms with Crippen molar-refractivity contribution >= 4 is 64.4 Å². The van der Waals surface area contributed by atoms with Gasteiger partial charge in [0, 0.05) is 26.2 Å². The normalized spacial score (nSPS) is 12.5. The minimum Gasteiger partial charge on any atom is -0.490 e. The quantitative estimate of drug-likeness (QED) is 0.0884. The summed E-state index contributed by atoms with van der Waals surface area (Å²) in [5.74, 6) is 0.486. The lowest BCUT2D eigenvalue weighted by atomic mass is 10.0. The topological polar surface area (TPSA) is 98.3 Å². The van der Waals surface area contributed by atoms with Gasteiger partial charge in [-0.3, -0.25) is 9.59 Å². The van der Waals surface area contributed by atoms with Crippen LogP contribution in [0.2, 0.25) is 20.1 Å². The lowest BCUT2D eigenvalue weighted by Crippen LogP contribution is -2.49. The van der Waals surface area contributed by atoms with Crippen LogP contribution in [-0.4, -0.2) is 36.8 Å². The van der Waals surface area contributed by atoms with Crippen molar-refractivity contribution in [1.29, 1.82) is 0 Å². The Kier molecular flexibility index (Phi) is 14.5. The highest BCUT2D eigenvalue weighted by Gasteiger charge is 2.25. The number of halogens is 4. The highest BCUT2D eigenvalue weighted by Crippen LogP contribution is 2.35. The average molecular weight is 709 g/mol. The fraction of sp³-hybridized carbons (Fsp3) is 0.324. The van der Waals surface area contributed by atoms with Crippen LogP contribution in [0.1, 0.15) is 50.8 Å². The zero-order valence-corrected chi connectivity index (χ0v) is 29.1. The van der Waals surface area contributed by atoms with Gasteiger partial charge < -0.3 is 19.5 Å². The van der Waals surface area contributed by atoms with Crippen LogP contribution < -0.4 is 25.0 Å². The summed E-state index contributed by atoms with van der Waals surface area (Å²) < 4.78 is 17.8. The van der Waals surface area contributed by atoms with Gasteiger partial charge in [0.15, 0.2) is 17.6 Å². The zero-order valence-electron chi connectivity index (χ0n) is 26.0. The van der Waals surface area contributed by atoms with E-state index in [1.807, 2.05) is 26.8 Å². The number of nitrogens with zero attached hydrogens (tertiary/aromatic N) is 1. The van der Waals surface area contributed by atoms with Gasteiger partial charge in [0.1, 0.15) is 18.4 Å². The molecule has 0 radical (unpaired) electrons. The second-order valence-corrected chi connectivity index (χ2v) is 12.4. The fourth-order valence-electron chi connectivity index (χ4n) is 4.34. The van der Waals surface area contributed by atoms with E-state index in [1.165, 1.54) is 12.3 Å². The standard InChI is InChI=1S/C34H37Cl4N3O5/c1-6-8-23-14-22(15-31(44-7-2)32(23)45-19-24-9-10-25(35)16-27(24)37)18-39-41-34(43)29(13-20(3)4)40-33(42)21(5)46-30-12-11-26(36)17-28(30)38/h6,9-12,14-18,20-21,29H,1,7-8,13,19H2,2-5H3,(H,40,42)(H,41,43)/b39-18-/t21-,29+/m0/s1. The van der Waals surface area contributed by atoms with Crippen molar-refractivity contribution in [3.05, 3.63) is 98.0 Å². The zero-order chi connectivity index (χ0) is 33.8. The predicted octanol–water partition coefficient (Wildman–Crippen LogP) is 8.45. The molecule has 0 aliphatic heterocycles. The number of carbonyl (C=O) groups is 2. The van der Waals surface area contributed by atoms with Gasteiger partial charge in [0.25, 0.3) is 11.8 Å². The average Bonchev–Trinajstić information content (AvgIpc) is 2.98. The van der Waals surface area contributed by atoms with E-state index in [-0.39, 0.29) is 17.5 Å². The number of rotatable bonds is 16. The molecule has 0 bridgehead atoms. The minimum atomic E-state index is -0.929. The van der Waals surface area contributed by atoms with Crippen molar-refractivity contribution in [2.45, 2.75) is 59.3 Å². The molecule has 0 saturated carbocycles. The van der Waals surface area contributed by atoms with Gasteiger partial charge in [-0.05, 0) is 80.6 Å². The van der Waals surface area contributed by atoms with E-state index in [9.17, 15) is 9.59 Å². The number of hydrogen-bond acceptors (Lipinski definition) is 6. The third kappa shape index (κ3) is 11.1. The van der Waals surface area contributed by atoms with Crippen molar-refractivity contribution in [1.82, 2.24) is 10.7 Å². The van der Waals surface area contributed by atoms with E-state index >= 15 is 0 Å². The first-order chi connectivity index (χ1) is 21.9. The van der Waals surface area contributed by atoms with Gasteiger partial charge in [-0.25, -0.2) is 5.43 Å². The fourth-order valence-corrected chi connectivity index (χ4v) is 5.25. The Hall–Kier alpha value is -3.43. The number of allylic oxidation sites excluding steroid dienone is 1. The van der Waals surface area contributed by atoms with Crippen molar-refractivity contribution in [2.75, 3.05) is 6.61 Å². The maximum atomic E-state index is 13.1. The number of hydrazone groups is 1. The Bertz CT molecular complexity index is 1560. The van der Waals surface area contributed by atoms with E-state index in [0.29, 0.717) is 57.3 Å². The van der Waals surface area contributed by atoms with Gasteiger partial charge in [-0.2, -0.15) is 5.10 Å². The van der Waals surface area contributed by atoms with Gasteiger partial charge in [-0.15, -0.1) is 6.58 Å². The summed E-state index contributed by atoms with van der Waals surface area (Å²) in [5.41, 5.74) is 4.77. The minimum absolute atomic E-state index is 0.104. The van der Waals surface area contributed by atoms with Crippen molar-refractivity contribution in [2.24, 2.45) is 11.0 Å². The smallest absolute Gasteiger partial charge is 0.262 e. The molecular weight excluding hydrogens is 672 g/mol. The Morgan fingerprint density at radius 1 is 0.891 bits per heavy atom. The van der Waals surface area contributed by atoms with Gasteiger partial charge in [0.05, 0.1) is 17.8 Å². The Morgan fingerprint density at radius 2 is 1.59 bits per heavy atom. The van der Waals surface area contributed by atoms with Gasteiger partial charge in [0.2, 0.25) is 0 Å². The number of benzene rings is 3. The number of nitrogens with one attached hydrogen (secondary N) is 2. The maximum Gasteiger partial charge on any atom is 0.262 e. The van der Waals surface area contributed by atoms with Crippen LogP contribution in [0.4, 0.5) is 0 Å². The van der Waals surface area contributed by atoms with Crippen LogP contribution in [-0.2, 0) is 22.6 Å². The first-order valence-corrected chi connectivity index (χ1v) is 16.1. The molecule has 0 aliphatic carbocycles. The van der Waals surface area contributed by atoms with Crippen LogP contribution in [0.5, 0.6) is 17.2 Å². The monoisotopic (exact) mass is 707 g/mol. The third-order valence-corrected chi connectivity index (χ3v) is 7.62. The van der Waals surface area contributed by atoms with E-state index < -0.39 is 24.0 Å². The SMILES string of the molecule is C=CCc1cc(/C=N\NC(=O)[C@@H](CC(C)C)NC(=O)[C@H](C)Oc2ccc(Cl)cc2Cl)cc(OCC)c1OCc1ccc(Cl)cc1Cl. The van der Waals surface area contributed by atoms with E-state index in [1.54, 1.807) is 49.4 Å². The summed E-state index contributed by atoms with van der Waals surface area (Å²) in [5, 5.41) is 8.67. The summed E-state index contributed by atoms with van der Waals surface area (Å²) in [6.07, 6.45) is 3.18. The molecule has 0 heterocycles. The molecule has 2 N–H and O–H groups in total. The van der Waals surface area contributed by atoms with E-state index in [0.717, 1.165) is 11.1 Å². The first kappa shape index (κ1) is 37.0. The number of carbonyl (C=O) groups excluding carboxylic acids is 2. The van der Waals surface area contributed by atoms with Crippen LogP contribution in [0, 0.1) is 5.92 Å². The Morgan fingerprint density at radius 3 is 2.22 bits per heavy atom. The Balaban J connectivity index is 1.74. The molecule has 3 rings (SSSR count). The molecule has 2 amide bonds. The van der Waals surface area contributed by atoms with Crippen molar-refractivity contribution in [3.8, 4) is 17.2 Å². The van der Waals surface area contributed by atoms with Crippen LogP contribution in [0.25, 0.3) is 0 Å². The molecule has 8 nitrogen and oxygen atoms in total. The molecule has 0 spiro atoms. The molecule has 246 valence electrons. The summed E-state index contributed by atoms with van der Waals surface area (Å²) in [4.78, 5) is 26.1. The molecule has 3 aromatic rings.